The second-order valence-corrected chi connectivity index (χ2v) is 5.85. The Bertz CT molecular complexity index is 594. The number of halogens is 2. The second-order valence-electron chi connectivity index (χ2n) is 3.91. The van der Waals surface area contributed by atoms with E-state index in [1.54, 1.807) is 6.07 Å². The number of rotatable bonds is 2. The molecule has 1 heterocycles. The molecule has 1 aliphatic heterocycles. The van der Waals surface area contributed by atoms with Crippen molar-refractivity contribution in [1.29, 1.82) is 5.26 Å². The van der Waals surface area contributed by atoms with Gasteiger partial charge in [-0.1, -0.05) is 0 Å². The summed E-state index contributed by atoms with van der Waals surface area (Å²) in [6.07, 6.45) is 0. The molecule has 0 saturated carbocycles. The van der Waals surface area contributed by atoms with Crippen LogP contribution in [0.3, 0.4) is 0 Å². The number of benzene rings is 1. The molecule has 1 aromatic rings. The van der Waals surface area contributed by atoms with Crippen molar-refractivity contribution in [3.63, 3.8) is 0 Å². The Morgan fingerprint density at radius 1 is 1.32 bits per heavy atom. The fourth-order valence-electron chi connectivity index (χ4n) is 1.78. The summed E-state index contributed by atoms with van der Waals surface area (Å²) in [6, 6.07) is 4.91. The minimum atomic E-state index is -3.64. The maximum Gasteiger partial charge on any atom is 0.243 e. The topological polar surface area (TPSA) is 73.2 Å². The van der Waals surface area contributed by atoms with Crippen molar-refractivity contribution in [3.05, 3.63) is 29.6 Å². The van der Waals surface area contributed by atoms with E-state index in [-0.39, 0.29) is 22.9 Å². The fourth-order valence-corrected chi connectivity index (χ4v) is 3.25. The molecular weight excluding hydrogens is 293 g/mol. The highest BCUT2D eigenvalue weighted by Crippen LogP contribution is 2.19. The van der Waals surface area contributed by atoms with Crippen LogP contribution in [0.5, 0.6) is 0 Å². The van der Waals surface area contributed by atoms with Crippen molar-refractivity contribution in [2.45, 2.75) is 4.90 Å². The van der Waals surface area contributed by atoms with Crippen LogP contribution in [0.2, 0.25) is 0 Å². The zero-order valence-electron chi connectivity index (χ0n) is 9.97. The van der Waals surface area contributed by atoms with Gasteiger partial charge in [0.2, 0.25) is 10.0 Å². The number of nitrogens with zero attached hydrogens (tertiary/aromatic N) is 2. The van der Waals surface area contributed by atoms with Crippen LogP contribution >= 0.6 is 12.4 Å². The molecular formula is C11H13ClFN3O2S. The normalized spacial score (nSPS) is 16.4. The lowest BCUT2D eigenvalue weighted by molar-refractivity contribution is 0.360. The van der Waals surface area contributed by atoms with E-state index >= 15 is 0 Å². The van der Waals surface area contributed by atoms with Gasteiger partial charge in [0.15, 0.2) is 0 Å². The van der Waals surface area contributed by atoms with Crippen molar-refractivity contribution in [2.24, 2.45) is 0 Å². The molecule has 0 bridgehead atoms. The molecule has 0 aliphatic carbocycles. The first-order valence-electron chi connectivity index (χ1n) is 5.46. The fraction of sp³-hybridized carbons (Fsp3) is 0.364. The largest absolute Gasteiger partial charge is 0.314 e. The van der Waals surface area contributed by atoms with Crippen LogP contribution < -0.4 is 5.32 Å². The summed E-state index contributed by atoms with van der Waals surface area (Å²) in [5.74, 6) is -0.711. The van der Waals surface area contributed by atoms with Gasteiger partial charge in [0.1, 0.15) is 11.9 Å². The average Bonchev–Trinajstić information content (AvgIpc) is 2.40. The van der Waals surface area contributed by atoms with Gasteiger partial charge in [0, 0.05) is 26.2 Å². The highest BCUT2D eigenvalue weighted by atomic mass is 35.5. The summed E-state index contributed by atoms with van der Waals surface area (Å²) < 4.78 is 39.0. The van der Waals surface area contributed by atoms with E-state index < -0.39 is 15.8 Å². The molecule has 0 aromatic heterocycles. The predicted molar refractivity (Wildman–Crippen MR) is 70.0 cm³/mol. The number of nitriles is 1. The third-order valence-electron chi connectivity index (χ3n) is 2.77. The number of sulfonamides is 1. The van der Waals surface area contributed by atoms with Gasteiger partial charge in [-0.25, -0.2) is 12.8 Å². The lowest BCUT2D eigenvalue weighted by Crippen LogP contribution is -2.46. The Balaban J connectivity index is 0.00000180. The number of piperazine rings is 1. The van der Waals surface area contributed by atoms with Crippen molar-refractivity contribution in [3.8, 4) is 6.07 Å². The van der Waals surface area contributed by atoms with Crippen LogP contribution in [0, 0.1) is 17.1 Å². The molecule has 0 atom stereocenters. The van der Waals surface area contributed by atoms with Gasteiger partial charge in [-0.15, -0.1) is 12.4 Å². The molecule has 2 rings (SSSR count). The first kappa shape index (κ1) is 15.9. The molecule has 1 fully saturated rings. The molecule has 5 nitrogen and oxygen atoms in total. The highest BCUT2D eigenvalue weighted by molar-refractivity contribution is 7.89. The first-order chi connectivity index (χ1) is 8.55. The van der Waals surface area contributed by atoms with Gasteiger partial charge in [0.25, 0.3) is 0 Å². The monoisotopic (exact) mass is 305 g/mol. The van der Waals surface area contributed by atoms with Gasteiger partial charge >= 0.3 is 0 Å². The molecule has 0 amide bonds. The molecule has 1 N–H and O–H groups in total. The summed E-state index contributed by atoms with van der Waals surface area (Å²) in [7, 11) is -3.64. The Kier molecular flexibility index (Phi) is 5.26. The lowest BCUT2D eigenvalue weighted by atomic mass is 10.2. The van der Waals surface area contributed by atoms with Crippen LogP contribution in [0.1, 0.15) is 5.56 Å². The Labute approximate surface area is 117 Å². The van der Waals surface area contributed by atoms with E-state index in [0.29, 0.717) is 26.2 Å². The van der Waals surface area contributed by atoms with Gasteiger partial charge < -0.3 is 5.32 Å². The number of hydrogen-bond donors (Lipinski definition) is 1. The lowest BCUT2D eigenvalue weighted by Gasteiger charge is -2.26. The Morgan fingerprint density at radius 3 is 2.53 bits per heavy atom. The minimum Gasteiger partial charge on any atom is -0.314 e. The molecule has 104 valence electrons. The van der Waals surface area contributed by atoms with Crippen LogP contribution in [0.25, 0.3) is 0 Å². The van der Waals surface area contributed by atoms with Crippen molar-refractivity contribution >= 4 is 22.4 Å². The zero-order valence-corrected chi connectivity index (χ0v) is 11.6. The van der Waals surface area contributed by atoms with E-state index in [4.69, 9.17) is 5.26 Å². The van der Waals surface area contributed by atoms with E-state index in [1.807, 2.05) is 0 Å². The molecule has 8 heteroatoms. The van der Waals surface area contributed by atoms with Crippen LogP contribution in [0.15, 0.2) is 23.1 Å². The smallest absolute Gasteiger partial charge is 0.243 e. The molecule has 1 saturated heterocycles. The highest BCUT2D eigenvalue weighted by Gasteiger charge is 2.26. The van der Waals surface area contributed by atoms with E-state index in [2.05, 4.69) is 5.32 Å². The van der Waals surface area contributed by atoms with E-state index in [0.717, 1.165) is 12.1 Å². The van der Waals surface area contributed by atoms with E-state index in [9.17, 15) is 12.8 Å². The van der Waals surface area contributed by atoms with E-state index in [1.165, 1.54) is 10.4 Å². The average molecular weight is 306 g/mol. The molecule has 0 spiro atoms. The molecule has 1 aromatic carbocycles. The number of nitrogens with one attached hydrogen (secondary N) is 1. The van der Waals surface area contributed by atoms with Crippen molar-refractivity contribution < 1.29 is 12.8 Å². The maximum atomic E-state index is 13.2. The van der Waals surface area contributed by atoms with Gasteiger partial charge in [-0.05, 0) is 18.2 Å². The third-order valence-corrected chi connectivity index (χ3v) is 4.67. The second kappa shape index (κ2) is 6.30. The summed E-state index contributed by atoms with van der Waals surface area (Å²) in [5, 5.41) is 11.8. The van der Waals surface area contributed by atoms with Crippen LogP contribution in [0.4, 0.5) is 4.39 Å². The summed E-state index contributed by atoms with van der Waals surface area (Å²) in [6.45, 7) is 1.93. The molecule has 0 unspecified atom stereocenters. The van der Waals surface area contributed by atoms with Crippen LogP contribution in [-0.4, -0.2) is 38.9 Å². The summed E-state index contributed by atoms with van der Waals surface area (Å²) >= 11 is 0. The Hall–Kier alpha value is -1.20. The Morgan fingerprint density at radius 2 is 1.95 bits per heavy atom. The third kappa shape index (κ3) is 3.22. The van der Waals surface area contributed by atoms with Gasteiger partial charge in [-0.3, -0.25) is 0 Å². The number of hydrogen-bond acceptors (Lipinski definition) is 4. The quantitative estimate of drug-likeness (QED) is 0.873. The molecule has 1 aliphatic rings. The molecule has 0 radical (unpaired) electrons. The van der Waals surface area contributed by atoms with Crippen LogP contribution in [-0.2, 0) is 10.0 Å². The molecule has 19 heavy (non-hydrogen) atoms. The minimum absolute atomic E-state index is 0. The van der Waals surface area contributed by atoms with Gasteiger partial charge in [0.05, 0.1) is 10.5 Å². The SMILES string of the molecule is Cl.N#Cc1cc(S(=O)(=O)N2CCNCC2)ccc1F. The summed E-state index contributed by atoms with van der Waals surface area (Å²) in [5.41, 5.74) is -0.258. The first-order valence-corrected chi connectivity index (χ1v) is 6.90. The van der Waals surface area contributed by atoms with Gasteiger partial charge in [-0.2, -0.15) is 9.57 Å². The summed E-state index contributed by atoms with van der Waals surface area (Å²) in [4.78, 5) is -0.0395. The van der Waals surface area contributed by atoms with Crippen molar-refractivity contribution in [2.75, 3.05) is 26.2 Å². The standard InChI is InChI=1S/C11H12FN3O2S.ClH/c12-11-2-1-10(7-9(11)8-13)18(16,17)15-5-3-14-4-6-15;/h1-2,7,14H,3-6H2;1H. The maximum absolute atomic E-state index is 13.2. The predicted octanol–water partition coefficient (Wildman–Crippen LogP) is 0.713. The zero-order chi connectivity index (χ0) is 13.2. The van der Waals surface area contributed by atoms with Crippen molar-refractivity contribution in [1.82, 2.24) is 9.62 Å².